The van der Waals surface area contributed by atoms with Crippen LogP contribution in [-0.4, -0.2) is 13.9 Å². The highest BCUT2D eigenvalue weighted by atomic mass is 35.5. The Morgan fingerprint density at radius 1 is 1.14 bits per heavy atom. The van der Waals surface area contributed by atoms with E-state index in [4.69, 9.17) is 25.8 Å². The van der Waals surface area contributed by atoms with E-state index >= 15 is 0 Å². The highest BCUT2D eigenvalue weighted by Crippen LogP contribution is 2.35. The van der Waals surface area contributed by atoms with Gasteiger partial charge in [-0.25, -0.2) is 0 Å². The van der Waals surface area contributed by atoms with Crippen LogP contribution in [0.5, 0.6) is 17.2 Å². The minimum absolute atomic E-state index is 0.116. The first-order valence-corrected chi connectivity index (χ1v) is 7.05. The van der Waals surface area contributed by atoms with Crippen molar-refractivity contribution in [3.63, 3.8) is 0 Å². The van der Waals surface area contributed by atoms with Crippen LogP contribution < -0.4 is 19.5 Å². The Balaban J connectivity index is 1.78. The number of fused-ring (bicyclic) bond motifs is 1. The summed E-state index contributed by atoms with van der Waals surface area (Å²) in [5.74, 6) is 2.23. The van der Waals surface area contributed by atoms with Crippen LogP contribution >= 0.6 is 11.6 Å². The first-order valence-electron chi connectivity index (χ1n) is 6.67. The molecule has 0 spiro atoms. The molecule has 2 aromatic rings. The SMILES string of the molecule is COc1cc(NC(C)c2ccc3c(c2)OCO3)ccc1Cl. The molecule has 1 atom stereocenters. The van der Waals surface area contributed by atoms with Gasteiger partial charge in [0, 0.05) is 17.8 Å². The van der Waals surface area contributed by atoms with Crippen LogP contribution in [0.15, 0.2) is 36.4 Å². The fourth-order valence-electron chi connectivity index (χ4n) is 2.27. The molecule has 110 valence electrons. The summed E-state index contributed by atoms with van der Waals surface area (Å²) in [5, 5.41) is 4.01. The maximum Gasteiger partial charge on any atom is 0.231 e. The van der Waals surface area contributed by atoms with Crippen molar-refractivity contribution >= 4 is 17.3 Å². The smallest absolute Gasteiger partial charge is 0.231 e. The van der Waals surface area contributed by atoms with Crippen LogP contribution in [-0.2, 0) is 0 Å². The number of nitrogens with one attached hydrogen (secondary N) is 1. The summed E-state index contributed by atoms with van der Waals surface area (Å²) in [5.41, 5.74) is 2.06. The number of ether oxygens (including phenoxy) is 3. The molecule has 0 amide bonds. The van der Waals surface area contributed by atoms with E-state index in [2.05, 4.69) is 12.2 Å². The van der Waals surface area contributed by atoms with E-state index in [0.29, 0.717) is 10.8 Å². The van der Waals surface area contributed by atoms with E-state index in [1.165, 1.54) is 0 Å². The molecule has 3 rings (SSSR count). The van der Waals surface area contributed by atoms with Crippen molar-refractivity contribution in [3.05, 3.63) is 47.0 Å². The first kappa shape index (κ1) is 13.9. The van der Waals surface area contributed by atoms with Gasteiger partial charge in [0.1, 0.15) is 5.75 Å². The summed E-state index contributed by atoms with van der Waals surface area (Å²) in [6, 6.07) is 11.7. The zero-order chi connectivity index (χ0) is 14.8. The maximum absolute atomic E-state index is 6.03. The van der Waals surface area contributed by atoms with E-state index in [0.717, 1.165) is 22.7 Å². The molecule has 4 nitrogen and oxygen atoms in total. The first-order chi connectivity index (χ1) is 10.2. The Hall–Kier alpha value is -2.07. The quantitative estimate of drug-likeness (QED) is 0.916. The second-order valence-corrected chi connectivity index (χ2v) is 5.24. The summed E-state index contributed by atoms with van der Waals surface area (Å²) >= 11 is 6.03. The molecule has 1 N–H and O–H groups in total. The minimum Gasteiger partial charge on any atom is -0.495 e. The Labute approximate surface area is 128 Å². The van der Waals surface area contributed by atoms with Gasteiger partial charge in [-0.3, -0.25) is 0 Å². The molecule has 0 bridgehead atoms. The van der Waals surface area contributed by atoms with Crippen molar-refractivity contribution in [3.8, 4) is 17.2 Å². The molecule has 2 aromatic carbocycles. The zero-order valence-corrected chi connectivity index (χ0v) is 12.6. The van der Waals surface area contributed by atoms with Gasteiger partial charge in [0.15, 0.2) is 11.5 Å². The molecule has 1 aliphatic heterocycles. The molecule has 0 saturated carbocycles. The fraction of sp³-hybridized carbons (Fsp3) is 0.250. The van der Waals surface area contributed by atoms with Crippen LogP contribution in [0, 0.1) is 0 Å². The lowest BCUT2D eigenvalue weighted by Gasteiger charge is -2.17. The molecule has 0 aliphatic carbocycles. The van der Waals surface area contributed by atoms with Crippen LogP contribution in [0.1, 0.15) is 18.5 Å². The summed E-state index contributed by atoms with van der Waals surface area (Å²) < 4.78 is 16.0. The zero-order valence-electron chi connectivity index (χ0n) is 11.9. The van der Waals surface area contributed by atoms with E-state index in [9.17, 15) is 0 Å². The van der Waals surface area contributed by atoms with Crippen LogP contribution in [0.3, 0.4) is 0 Å². The Morgan fingerprint density at radius 2 is 1.95 bits per heavy atom. The largest absolute Gasteiger partial charge is 0.495 e. The summed E-state index contributed by atoms with van der Waals surface area (Å²) in [6.45, 7) is 2.37. The van der Waals surface area contributed by atoms with Crippen molar-refractivity contribution in [2.75, 3.05) is 19.2 Å². The van der Waals surface area contributed by atoms with Crippen LogP contribution in [0.4, 0.5) is 5.69 Å². The topological polar surface area (TPSA) is 39.7 Å². The highest BCUT2D eigenvalue weighted by Gasteiger charge is 2.16. The standard InChI is InChI=1S/C16H16ClNO3/c1-10(11-3-6-14-16(7-11)21-9-20-14)18-12-4-5-13(17)15(8-12)19-2/h3-8,10,18H,9H2,1-2H3. The molecular formula is C16H16ClNO3. The van der Waals surface area contributed by atoms with Crippen LogP contribution in [0.2, 0.25) is 5.02 Å². The summed E-state index contributed by atoms with van der Waals surface area (Å²) in [6.07, 6.45) is 0. The van der Waals surface area contributed by atoms with Gasteiger partial charge in [-0.05, 0) is 36.8 Å². The molecule has 1 heterocycles. The van der Waals surface area contributed by atoms with Gasteiger partial charge in [0.05, 0.1) is 12.1 Å². The van der Waals surface area contributed by atoms with Crippen molar-refractivity contribution in [1.29, 1.82) is 0 Å². The molecule has 21 heavy (non-hydrogen) atoms. The molecule has 5 heteroatoms. The number of anilines is 1. The molecule has 1 unspecified atom stereocenters. The predicted octanol–water partition coefficient (Wildman–Crippen LogP) is 4.25. The Morgan fingerprint density at radius 3 is 2.76 bits per heavy atom. The van der Waals surface area contributed by atoms with Crippen molar-refractivity contribution in [2.45, 2.75) is 13.0 Å². The lowest BCUT2D eigenvalue weighted by molar-refractivity contribution is 0.174. The van der Waals surface area contributed by atoms with E-state index in [1.807, 2.05) is 36.4 Å². The van der Waals surface area contributed by atoms with Crippen LogP contribution in [0.25, 0.3) is 0 Å². The molecule has 0 radical (unpaired) electrons. The minimum atomic E-state index is 0.116. The second-order valence-electron chi connectivity index (χ2n) is 4.83. The normalized spacial score (nSPS) is 13.9. The molecule has 0 saturated heterocycles. The number of halogens is 1. The fourth-order valence-corrected chi connectivity index (χ4v) is 2.46. The third kappa shape index (κ3) is 2.85. The van der Waals surface area contributed by atoms with Gasteiger partial charge in [-0.2, -0.15) is 0 Å². The monoisotopic (exact) mass is 305 g/mol. The van der Waals surface area contributed by atoms with Crippen molar-refractivity contribution < 1.29 is 14.2 Å². The van der Waals surface area contributed by atoms with Crippen molar-refractivity contribution in [2.24, 2.45) is 0 Å². The van der Waals surface area contributed by atoms with Gasteiger partial charge >= 0.3 is 0 Å². The molecule has 0 fully saturated rings. The lowest BCUT2D eigenvalue weighted by atomic mass is 10.1. The predicted molar refractivity (Wildman–Crippen MR) is 82.6 cm³/mol. The third-order valence-corrected chi connectivity index (χ3v) is 3.74. The maximum atomic E-state index is 6.03. The number of hydrogen-bond donors (Lipinski definition) is 1. The van der Waals surface area contributed by atoms with E-state index in [1.54, 1.807) is 7.11 Å². The van der Waals surface area contributed by atoms with Gasteiger partial charge in [0.2, 0.25) is 6.79 Å². The Kier molecular flexibility index (Phi) is 3.80. The summed E-state index contributed by atoms with van der Waals surface area (Å²) in [4.78, 5) is 0. The van der Waals surface area contributed by atoms with Gasteiger partial charge in [-0.15, -0.1) is 0 Å². The number of hydrogen-bond acceptors (Lipinski definition) is 4. The van der Waals surface area contributed by atoms with Crippen molar-refractivity contribution in [1.82, 2.24) is 0 Å². The average molecular weight is 306 g/mol. The summed E-state index contributed by atoms with van der Waals surface area (Å²) in [7, 11) is 1.60. The molecule has 0 aromatic heterocycles. The van der Waals surface area contributed by atoms with Gasteiger partial charge in [-0.1, -0.05) is 17.7 Å². The van der Waals surface area contributed by atoms with Gasteiger partial charge in [0.25, 0.3) is 0 Å². The second kappa shape index (κ2) is 5.74. The number of methoxy groups -OCH3 is 1. The molecule has 1 aliphatic rings. The Bertz CT molecular complexity index is 660. The molecular weight excluding hydrogens is 290 g/mol. The van der Waals surface area contributed by atoms with E-state index in [-0.39, 0.29) is 12.8 Å². The third-order valence-electron chi connectivity index (χ3n) is 3.43. The van der Waals surface area contributed by atoms with Gasteiger partial charge < -0.3 is 19.5 Å². The number of rotatable bonds is 4. The number of benzene rings is 2. The lowest BCUT2D eigenvalue weighted by Crippen LogP contribution is -2.06. The van der Waals surface area contributed by atoms with E-state index < -0.39 is 0 Å². The highest BCUT2D eigenvalue weighted by molar-refractivity contribution is 6.32. The average Bonchev–Trinajstić information content (AvgIpc) is 2.96.